The minimum absolute atomic E-state index is 0.0508. The van der Waals surface area contributed by atoms with Gasteiger partial charge in [-0.05, 0) is 24.6 Å². The summed E-state index contributed by atoms with van der Waals surface area (Å²) in [6, 6.07) is 7.23. The number of ether oxygens (including phenoxy) is 1. The standard InChI is InChI=1S/C14H22N2O3/c1-10(15-8-9-16-11(2)17)14(18)12-4-6-13(19-3)7-5-12/h4-7,10,14-15,18H,8-9H2,1-3H3,(H,16,17). The summed E-state index contributed by atoms with van der Waals surface area (Å²) in [5, 5.41) is 16.0. The van der Waals surface area contributed by atoms with Gasteiger partial charge in [0.05, 0.1) is 13.2 Å². The minimum Gasteiger partial charge on any atom is -0.497 e. The average Bonchev–Trinajstić information content (AvgIpc) is 2.42. The van der Waals surface area contributed by atoms with Crippen molar-refractivity contribution in [3.8, 4) is 5.75 Å². The monoisotopic (exact) mass is 266 g/mol. The Balaban J connectivity index is 2.42. The lowest BCUT2D eigenvalue weighted by Gasteiger charge is -2.21. The van der Waals surface area contributed by atoms with E-state index in [2.05, 4.69) is 10.6 Å². The molecule has 106 valence electrons. The number of carbonyl (C=O) groups excluding carboxylic acids is 1. The van der Waals surface area contributed by atoms with Crippen LogP contribution in [0.25, 0.3) is 0 Å². The number of aliphatic hydroxyl groups is 1. The van der Waals surface area contributed by atoms with Gasteiger partial charge in [-0.1, -0.05) is 12.1 Å². The van der Waals surface area contributed by atoms with Crippen molar-refractivity contribution in [2.75, 3.05) is 20.2 Å². The molecule has 19 heavy (non-hydrogen) atoms. The Bertz CT molecular complexity index is 392. The molecule has 1 aromatic rings. The predicted octanol–water partition coefficient (Wildman–Crippen LogP) is 0.843. The highest BCUT2D eigenvalue weighted by Crippen LogP contribution is 2.19. The van der Waals surface area contributed by atoms with E-state index < -0.39 is 6.10 Å². The highest BCUT2D eigenvalue weighted by Gasteiger charge is 2.15. The van der Waals surface area contributed by atoms with E-state index in [9.17, 15) is 9.90 Å². The Hall–Kier alpha value is -1.59. The zero-order chi connectivity index (χ0) is 14.3. The highest BCUT2D eigenvalue weighted by atomic mass is 16.5. The molecule has 3 N–H and O–H groups in total. The molecule has 1 aromatic carbocycles. The molecule has 5 heteroatoms. The maximum absolute atomic E-state index is 10.7. The summed E-state index contributed by atoms with van der Waals surface area (Å²) in [5.74, 6) is 0.715. The SMILES string of the molecule is COc1ccc(C(O)C(C)NCCNC(C)=O)cc1. The molecular weight excluding hydrogens is 244 g/mol. The van der Waals surface area contributed by atoms with Gasteiger partial charge in [0, 0.05) is 26.1 Å². The molecule has 5 nitrogen and oxygen atoms in total. The smallest absolute Gasteiger partial charge is 0.216 e. The van der Waals surface area contributed by atoms with Crippen molar-refractivity contribution in [3.63, 3.8) is 0 Å². The van der Waals surface area contributed by atoms with Crippen LogP contribution in [0.4, 0.5) is 0 Å². The second-order valence-electron chi connectivity index (χ2n) is 4.44. The van der Waals surface area contributed by atoms with Gasteiger partial charge < -0.3 is 20.5 Å². The number of rotatable bonds is 7. The van der Waals surface area contributed by atoms with E-state index in [0.29, 0.717) is 13.1 Å². The van der Waals surface area contributed by atoms with Crippen LogP contribution in [0.1, 0.15) is 25.5 Å². The van der Waals surface area contributed by atoms with Crippen LogP contribution in [0.2, 0.25) is 0 Å². The van der Waals surface area contributed by atoms with Crippen LogP contribution >= 0.6 is 0 Å². The number of carbonyl (C=O) groups is 1. The lowest BCUT2D eigenvalue weighted by molar-refractivity contribution is -0.118. The molecule has 0 saturated heterocycles. The molecule has 0 fully saturated rings. The van der Waals surface area contributed by atoms with E-state index in [1.165, 1.54) is 6.92 Å². The number of amides is 1. The van der Waals surface area contributed by atoms with Crippen molar-refractivity contribution in [2.45, 2.75) is 26.0 Å². The molecule has 0 radical (unpaired) electrons. The summed E-state index contributed by atoms with van der Waals surface area (Å²) in [6.07, 6.45) is -0.594. The van der Waals surface area contributed by atoms with Crippen LogP contribution in [-0.4, -0.2) is 37.3 Å². The maximum Gasteiger partial charge on any atom is 0.216 e. The third-order valence-electron chi connectivity index (χ3n) is 2.90. The van der Waals surface area contributed by atoms with Crippen molar-refractivity contribution < 1.29 is 14.6 Å². The molecule has 0 aliphatic heterocycles. The van der Waals surface area contributed by atoms with Crippen molar-refractivity contribution in [1.29, 1.82) is 0 Å². The molecule has 0 aromatic heterocycles. The van der Waals surface area contributed by atoms with Crippen molar-refractivity contribution in [2.24, 2.45) is 0 Å². The fourth-order valence-corrected chi connectivity index (χ4v) is 1.74. The largest absolute Gasteiger partial charge is 0.497 e. The van der Waals surface area contributed by atoms with Crippen LogP contribution in [-0.2, 0) is 4.79 Å². The fraction of sp³-hybridized carbons (Fsp3) is 0.500. The zero-order valence-electron chi connectivity index (χ0n) is 11.6. The van der Waals surface area contributed by atoms with Gasteiger partial charge in [-0.15, -0.1) is 0 Å². The van der Waals surface area contributed by atoms with E-state index in [-0.39, 0.29) is 11.9 Å². The van der Waals surface area contributed by atoms with Gasteiger partial charge in [0.1, 0.15) is 5.75 Å². The number of benzene rings is 1. The molecule has 0 heterocycles. The van der Waals surface area contributed by atoms with Crippen LogP contribution in [0, 0.1) is 0 Å². The van der Waals surface area contributed by atoms with E-state index >= 15 is 0 Å². The number of hydrogen-bond donors (Lipinski definition) is 3. The first-order valence-corrected chi connectivity index (χ1v) is 6.34. The summed E-state index contributed by atoms with van der Waals surface area (Å²) in [5.41, 5.74) is 0.834. The van der Waals surface area contributed by atoms with Crippen molar-refractivity contribution >= 4 is 5.91 Å². The molecule has 0 saturated carbocycles. The first-order chi connectivity index (χ1) is 9.04. The van der Waals surface area contributed by atoms with Gasteiger partial charge in [0.25, 0.3) is 0 Å². The third kappa shape index (κ3) is 5.28. The summed E-state index contributed by atoms with van der Waals surface area (Å²) in [7, 11) is 1.61. The van der Waals surface area contributed by atoms with Crippen LogP contribution in [0.3, 0.4) is 0 Å². The Labute approximate surface area is 114 Å². The number of aliphatic hydroxyl groups excluding tert-OH is 1. The Morgan fingerprint density at radius 1 is 1.32 bits per heavy atom. The lowest BCUT2D eigenvalue weighted by atomic mass is 10.0. The molecule has 1 amide bonds. The molecule has 0 aliphatic rings. The Morgan fingerprint density at radius 3 is 2.47 bits per heavy atom. The molecular formula is C14H22N2O3. The minimum atomic E-state index is -0.594. The predicted molar refractivity (Wildman–Crippen MR) is 74.1 cm³/mol. The van der Waals surface area contributed by atoms with Crippen LogP contribution in [0.15, 0.2) is 24.3 Å². The van der Waals surface area contributed by atoms with Gasteiger partial charge >= 0.3 is 0 Å². The van der Waals surface area contributed by atoms with Crippen LogP contribution in [0.5, 0.6) is 5.75 Å². The Kier molecular flexibility index (Phi) is 6.32. The number of hydrogen-bond acceptors (Lipinski definition) is 4. The first-order valence-electron chi connectivity index (χ1n) is 6.34. The maximum atomic E-state index is 10.7. The Morgan fingerprint density at radius 2 is 1.95 bits per heavy atom. The molecule has 0 aliphatic carbocycles. The molecule has 1 rings (SSSR count). The highest BCUT2D eigenvalue weighted by molar-refractivity contribution is 5.72. The zero-order valence-corrected chi connectivity index (χ0v) is 11.6. The second-order valence-corrected chi connectivity index (χ2v) is 4.44. The van der Waals surface area contributed by atoms with Gasteiger partial charge in [0.15, 0.2) is 0 Å². The average molecular weight is 266 g/mol. The summed E-state index contributed by atoms with van der Waals surface area (Å²) in [6.45, 7) is 4.56. The van der Waals surface area contributed by atoms with Crippen LogP contribution < -0.4 is 15.4 Å². The fourth-order valence-electron chi connectivity index (χ4n) is 1.74. The van der Waals surface area contributed by atoms with E-state index in [4.69, 9.17) is 4.74 Å². The molecule has 0 bridgehead atoms. The van der Waals surface area contributed by atoms with Gasteiger partial charge in [-0.3, -0.25) is 4.79 Å². The molecule has 2 atom stereocenters. The van der Waals surface area contributed by atoms with E-state index in [1.807, 2.05) is 31.2 Å². The topological polar surface area (TPSA) is 70.6 Å². The number of methoxy groups -OCH3 is 1. The van der Waals surface area contributed by atoms with E-state index in [0.717, 1.165) is 11.3 Å². The molecule has 0 spiro atoms. The van der Waals surface area contributed by atoms with E-state index in [1.54, 1.807) is 7.11 Å². The second kappa shape index (κ2) is 7.76. The summed E-state index contributed by atoms with van der Waals surface area (Å²) >= 11 is 0. The first kappa shape index (κ1) is 15.5. The normalized spacial score (nSPS) is 13.7. The quantitative estimate of drug-likeness (QED) is 0.640. The van der Waals surface area contributed by atoms with Crippen molar-refractivity contribution in [1.82, 2.24) is 10.6 Å². The van der Waals surface area contributed by atoms with Crippen molar-refractivity contribution in [3.05, 3.63) is 29.8 Å². The lowest BCUT2D eigenvalue weighted by Crippen LogP contribution is -2.38. The third-order valence-corrected chi connectivity index (χ3v) is 2.90. The summed E-state index contributed by atoms with van der Waals surface area (Å²) in [4.78, 5) is 10.7. The van der Waals surface area contributed by atoms with Gasteiger partial charge in [-0.2, -0.15) is 0 Å². The summed E-state index contributed by atoms with van der Waals surface area (Å²) < 4.78 is 5.07. The molecule has 2 unspecified atom stereocenters. The van der Waals surface area contributed by atoms with Gasteiger partial charge in [-0.25, -0.2) is 0 Å². The number of nitrogens with one attached hydrogen (secondary N) is 2. The van der Waals surface area contributed by atoms with Gasteiger partial charge in [0.2, 0.25) is 5.91 Å².